The van der Waals surface area contributed by atoms with Gasteiger partial charge in [0.1, 0.15) is 5.52 Å². The molecule has 0 spiro atoms. The van der Waals surface area contributed by atoms with Crippen LogP contribution in [0.15, 0.2) is 16.9 Å². The van der Waals surface area contributed by atoms with Gasteiger partial charge in [0.25, 0.3) is 0 Å². The maximum Gasteiger partial charge on any atom is 0.163 e. The molecule has 2 nitrogen and oxygen atoms in total. The first kappa shape index (κ1) is 9.93. The summed E-state index contributed by atoms with van der Waals surface area (Å²) in [5.74, 6) is 0.0284. The minimum Gasteiger partial charge on any atom is -0.331 e. The minimum atomic E-state index is -0.297. The summed E-state index contributed by atoms with van der Waals surface area (Å²) in [6.45, 7) is 0. The van der Waals surface area contributed by atoms with Crippen LogP contribution >= 0.6 is 27.5 Å². The predicted octanol–water partition coefficient (Wildman–Crippen LogP) is 3.21. The molecule has 14 heavy (non-hydrogen) atoms. The van der Waals surface area contributed by atoms with Crippen LogP contribution in [-0.4, -0.2) is 9.55 Å². The van der Waals surface area contributed by atoms with E-state index in [0.29, 0.717) is 21.4 Å². The highest BCUT2D eigenvalue weighted by molar-refractivity contribution is 9.10. The molecule has 0 atom stereocenters. The summed E-state index contributed by atoms with van der Waals surface area (Å²) in [5.41, 5.74) is 1.94. The molecule has 0 aliphatic carbocycles. The van der Waals surface area contributed by atoms with Crippen molar-refractivity contribution < 1.29 is 4.39 Å². The molecule has 0 saturated carbocycles. The fourth-order valence-corrected chi connectivity index (χ4v) is 2.09. The number of alkyl halides is 1. The van der Waals surface area contributed by atoms with Gasteiger partial charge in [-0.05, 0) is 27.6 Å². The molecule has 0 saturated heterocycles. The second kappa shape index (κ2) is 3.51. The maximum atomic E-state index is 13.7. The third kappa shape index (κ3) is 1.33. The van der Waals surface area contributed by atoms with Crippen LogP contribution in [0.3, 0.4) is 0 Å². The monoisotopic (exact) mass is 276 g/mol. The number of aromatic nitrogens is 2. The average molecular weight is 278 g/mol. The van der Waals surface area contributed by atoms with Crippen molar-refractivity contribution in [2.24, 2.45) is 7.05 Å². The molecule has 0 bridgehead atoms. The summed E-state index contributed by atoms with van der Waals surface area (Å²) in [7, 11) is 1.75. The van der Waals surface area contributed by atoms with E-state index in [1.54, 1.807) is 24.0 Å². The molecular formula is C9H7BrClFN2. The van der Waals surface area contributed by atoms with Crippen molar-refractivity contribution in [3.05, 3.63) is 28.2 Å². The smallest absolute Gasteiger partial charge is 0.163 e. The van der Waals surface area contributed by atoms with Gasteiger partial charge in [-0.15, -0.1) is 11.6 Å². The standard InChI is InChI=1S/C9H7BrClFN2/c1-14-4-13-8-5(3-11)2-6(10)7(12)9(8)14/h2,4H,3H2,1H3. The van der Waals surface area contributed by atoms with E-state index in [9.17, 15) is 4.39 Å². The normalized spacial score (nSPS) is 11.1. The first-order valence-electron chi connectivity index (χ1n) is 3.99. The highest BCUT2D eigenvalue weighted by atomic mass is 79.9. The number of nitrogens with zero attached hydrogens (tertiary/aromatic N) is 2. The van der Waals surface area contributed by atoms with Gasteiger partial charge in [-0.2, -0.15) is 0 Å². The lowest BCUT2D eigenvalue weighted by Crippen LogP contribution is -1.92. The lowest BCUT2D eigenvalue weighted by atomic mass is 10.2. The summed E-state index contributed by atoms with van der Waals surface area (Å²) in [5, 5.41) is 0. The van der Waals surface area contributed by atoms with Crippen LogP contribution < -0.4 is 0 Å². The van der Waals surface area contributed by atoms with E-state index in [0.717, 1.165) is 5.56 Å². The van der Waals surface area contributed by atoms with Crippen molar-refractivity contribution in [1.29, 1.82) is 0 Å². The van der Waals surface area contributed by atoms with Crippen molar-refractivity contribution in [3.8, 4) is 0 Å². The Morgan fingerprint density at radius 2 is 2.36 bits per heavy atom. The van der Waals surface area contributed by atoms with Gasteiger partial charge < -0.3 is 4.57 Å². The van der Waals surface area contributed by atoms with Crippen LogP contribution in [0.4, 0.5) is 4.39 Å². The van der Waals surface area contributed by atoms with E-state index >= 15 is 0 Å². The lowest BCUT2D eigenvalue weighted by molar-refractivity contribution is 0.625. The molecular weight excluding hydrogens is 270 g/mol. The lowest BCUT2D eigenvalue weighted by Gasteiger charge is -2.03. The number of halogens is 3. The van der Waals surface area contributed by atoms with E-state index < -0.39 is 0 Å². The third-order valence-electron chi connectivity index (χ3n) is 2.10. The zero-order valence-electron chi connectivity index (χ0n) is 7.39. The molecule has 0 radical (unpaired) electrons. The molecule has 2 aromatic rings. The van der Waals surface area contributed by atoms with Gasteiger partial charge in [0.2, 0.25) is 0 Å². The van der Waals surface area contributed by atoms with E-state index in [2.05, 4.69) is 20.9 Å². The largest absolute Gasteiger partial charge is 0.331 e. The number of hydrogen-bond donors (Lipinski definition) is 0. The second-order valence-electron chi connectivity index (χ2n) is 3.02. The molecule has 0 amide bonds. The zero-order valence-corrected chi connectivity index (χ0v) is 9.73. The Morgan fingerprint density at radius 3 is 3.00 bits per heavy atom. The summed E-state index contributed by atoms with van der Waals surface area (Å²) in [6, 6.07) is 1.66. The fourth-order valence-electron chi connectivity index (χ4n) is 1.42. The summed E-state index contributed by atoms with van der Waals surface area (Å²) in [4.78, 5) is 4.11. The Morgan fingerprint density at radius 1 is 1.64 bits per heavy atom. The molecule has 0 aliphatic rings. The molecule has 2 rings (SSSR count). The first-order valence-corrected chi connectivity index (χ1v) is 5.31. The summed E-state index contributed by atoms with van der Waals surface area (Å²) >= 11 is 8.90. The Balaban J connectivity index is 2.92. The van der Waals surface area contributed by atoms with E-state index in [4.69, 9.17) is 11.6 Å². The quantitative estimate of drug-likeness (QED) is 0.732. The summed E-state index contributed by atoms with van der Waals surface area (Å²) < 4.78 is 15.7. The van der Waals surface area contributed by atoms with Crippen LogP contribution in [0.5, 0.6) is 0 Å². The van der Waals surface area contributed by atoms with E-state index in [1.165, 1.54) is 0 Å². The van der Waals surface area contributed by atoms with Crippen LogP contribution in [0.1, 0.15) is 5.56 Å². The number of rotatable bonds is 1. The van der Waals surface area contributed by atoms with Gasteiger partial charge in [0.15, 0.2) is 5.82 Å². The van der Waals surface area contributed by atoms with Crippen LogP contribution in [-0.2, 0) is 12.9 Å². The first-order chi connectivity index (χ1) is 6.65. The summed E-state index contributed by atoms with van der Waals surface area (Å²) in [6.07, 6.45) is 1.58. The van der Waals surface area contributed by atoms with Gasteiger partial charge in [-0.25, -0.2) is 9.37 Å². The van der Waals surface area contributed by atoms with Crippen LogP contribution in [0.2, 0.25) is 0 Å². The van der Waals surface area contributed by atoms with Gasteiger partial charge in [-0.3, -0.25) is 0 Å². The molecule has 5 heteroatoms. The average Bonchev–Trinajstić information content (AvgIpc) is 2.54. The van der Waals surface area contributed by atoms with Crippen LogP contribution in [0.25, 0.3) is 11.0 Å². The Hall–Kier alpha value is -0.610. The highest BCUT2D eigenvalue weighted by Crippen LogP contribution is 2.28. The maximum absolute atomic E-state index is 13.7. The second-order valence-corrected chi connectivity index (χ2v) is 4.14. The molecule has 0 fully saturated rings. The van der Waals surface area contributed by atoms with Crippen molar-refractivity contribution in [1.82, 2.24) is 9.55 Å². The SMILES string of the molecule is Cn1cnc2c(CCl)cc(Br)c(F)c21. The Labute approximate surface area is 93.8 Å². The molecule has 1 aromatic carbocycles. The van der Waals surface area contributed by atoms with Crippen molar-refractivity contribution in [2.45, 2.75) is 5.88 Å². The third-order valence-corrected chi connectivity index (χ3v) is 2.97. The molecule has 1 aromatic heterocycles. The number of aryl methyl sites for hydroxylation is 1. The van der Waals surface area contributed by atoms with Crippen molar-refractivity contribution >= 4 is 38.6 Å². The molecule has 74 valence electrons. The highest BCUT2D eigenvalue weighted by Gasteiger charge is 2.13. The van der Waals surface area contributed by atoms with Gasteiger partial charge in [0, 0.05) is 12.9 Å². The van der Waals surface area contributed by atoms with Gasteiger partial charge in [0.05, 0.1) is 16.3 Å². The molecule has 1 heterocycles. The molecule has 0 aliphatic heterocycles. The van der Waals surface area contributed by atoms with Crippen molar-refractivity contribution in [3.63, 3.8) is 0 Å². The number of fused-ring (bicyclic) bond motifs is 1. The zero-order chi connectivity index (χ0) is 10.3. The minimum absolute atomic E-state index is 0.297. The number of benzene rings is 1. The fraction of sp³-hybridized carbons (Fsp3) is 0.222. The van der Waals surface area contributed by atoms with Gasteiger partial charge in [-0.1, -0.05) is 0 Å². The van der Waals surface area contributed by atoms with Crippen LogP contribution in [0, 0.1) is 5.82 Å². The predicted molar refractivity (Wildman–Crippen MR) is 57.9 cm³/mol. The van der Waals surface area contributed by atoms with Gasteiger partial charge >= 0.3 is 0 Å². The Kier molecular flexibility index (Phi) is 2.49. The molecule has 0 N–H and O–H groups in total. The van der Waals surface area contributed by atoms with E-state index in [1.807, 2.05) is 0 Å². The topological polar surface area (TPSA) is 17.8 Å². The molecule has 0 unspecified atom stereocenters. The van der Waals surface area contributed by atoms with E-state index in [-0.39, 0.29) is 5.82 Å². The number of imidazole rings is 1. The Bertz CT molecular complexity index is 495. The van der Waals surface area contributed by atoms with Crippen molar-refractivity contribution in [2.75, 3.05) is 0 Å². The number of hydrogen-bond acceptors (Lipinski definition) is 1.